The summed E-state index contributed by atoms with van der Waals surface area (Å²) in [5.41, 5.74) is 12.9. The SMILES string of the molecule is COc1cc(OC2CCN(C(=O)N=C(N)N)CC2)ccc1C(=O)N1CCC(N2C(=O)OCc3ccccc32)CC1. The number of likely N-dealkylation sites (tertiary alicyclic amines) is 2. The van der Waals surface area contributed by atoms with Gasteiger partial charge in [-0.25, -0.2) is 9.59 Å². The number of cyclic esters (lactones) is 1. The number of piperidine rings is 2. The highest BCUT2D eigenvalue weighted by atomic mass is 16.6. The molecule has 40 heavy (non-hydrogen) atoms. The monoisotopic (exact) mass is 550 g/mol. The van der Waals surface area contributed by atoms with Crippen molar-refractivity contribution < 1.29 is 28.6 Å². The second kappa shape index (κ2) is 11.7. The maximum atomic E-state index is 13.4. The van der Waals surface area contributed by atoms with Crippen molar-refractivity contribution in [3.8, 4) is 11.5 Å². The summed E-state index contributed by atoms with van der Waals surface area (Å²) in [5, 5.41) is 0. The Balaban J connectivity index is 1.18. The van der Waals surface area contributed by atoms with Crippen molar-refractivity contribution in [2.45, 2.75) is 44.4 Å². The summed E-state index contributed by atoms with van der Waals surface area (Å²) in [6.07, 6.45) is 2.09. The third-order valence-electron chi connectivity index (χ3n) is 7.56. The maximum absolute atomic E-state index is 13.4. The number of benzene rings is 2. The van der Waals surface area contributed by atoms with Gasteiger partial charge < -0.3 is 35.5 Å². The topological polar surface area (TPSA) is 153 Å². The van der Waals surface area contributed by atoms with E-state index in [1.807, 2.05) is 24.3 Å². The standard InChI is InChI=1S/C28H34N6O6/c1-38-24-16-21(40-20-10-14-33(15-11-20)27(36)31-26(29)30)6-7-22(24)25(35)32-12-8-19(9-13-32)34-23-5-3-2-4-18(23)17-39-28(34)37/h2-7,16,19-20H,8-15,17H2,1H3,(H4,29,30,31,36). The first-order chi connectivity index (χ1) is 19.3. The molecule has 0 saturated carbocycles. The van der Waals surface area contributed by atoms with E-state index in [4.69, 9.17) is 25.7 Å². The van der Waals surface area contributed by atoms with Crippen LogP contribution in [0.15, 0.2) is 47.5 Å². The number of anilines is 1. The van der Waals surface area contributed by atoms with Crippen LogP contribution >= 0.6 is 0 Å². The molecule has 0 bridgehead atoms. The number of fused-ring (bicyclic) bond motifs is 1. The minimum Gasteiger partial charge on any atom is -0.496 e. The molecule has 2 aromatic rings. The molecule has 2 saturated heterocycles. The van der Waals surface area contributed by atoms with E-state index in [-0.39, 0.29) is 36.7 Å². The molecule has 2 fully saturated rings. The van der Waals surface area contributed by atoms with E-state index < -0.39 is 6.03 Å². The Hall–Kier alpha value is -4.48. The quantitative estimate of drug-likeness (QED) is 0.426. The Morgan fingerprint density at radius 2 is 1.68 bits per heavy atom. The van der Waals surface area contributed by atoms with Crippen LogP contribution in [0, 0.1) is 0 Å². The third-order valence-corrected chi connectivity index (χ3v) is 7.56. The molecule has 3 aliphatic heterocycles. The first kappa shape index (κ1) is 27.1. The van der Waals surface area contributed by atoms with Crippen LogP contribution in [0.1, 0.15) is 41.6 Å². The van der Waals surface area contributed by atoms with Crippen LogP contribution < -0.4 is 25.8 Å². The van der Waals surface area contributed by atoms with Crippen LogP contribution in [0.5, 0.6) is 11.5 Å². The number of urea groups is 1. The number of para-hydroxylation sites is 1. The van der Waals surface area contributed by atoms with E-state index in [9.17, 15) is 14.4 Å². The van der Waals surface area contributed by atoms with Crippen molar-refractivity contribution in [3.63, 3.8) is 0 Å². The lowest BCUT2D eigenvalue weighted by Crippen LogP contribution is -2.50. The average Bonchev–Trinajstić information content (AvgIpc) is 2.97. The maximum Gasteiger partial charge on any atom is 0.414 e. The Bertz CT molecular complexity index is 1300. The highest BCUT2D eigenvalue weighted by molar-refractivity contribution is 5.97. The van der Waals surface area contributed by atoms with Gasteiger partial charge in [-0.3, -0.25) is 9.69 Å². The van der Waals surface area contributed by atoms with E-state index in [2.05, 4.69) is 4.99 Å². The first-order valence-corrected chi connectivity index (χ1v) is 13.4. The molecule has 2 aromatic carbocycles. The number of aliphatic imine (C=N–C) groups is 1. The van der Waals surface area contributed by atoms with Gasteiger partial charge in [-0.05, 0) is 31.0 Å². The zero-order valence-electron chi connectivity index (χ0n) is 22.5. The normalized spacial score (nSPS) is 18.0. The summed E-state index contributed by atoms with van der Waals surface area (Å²) in [4.78, 5) is 46.7. The number of carbonyl (C=O) groups is 3. The molecule has 4 amide bonds. The van der Waals surface area contributed by atoms with Gasteiger partial charge in [0.05, 0.1) is 18.4 Å². The molecule has 3 heterocycles. The first-order valence-electron chi connectivity index (χ1n) is 13.4. The number of nitrogens with zero attached hydrogens (tertiary/aromatic N) is 4. The van der Waals surface area contributed by atoms with Gasteiger partial charge in [0.25, 0.3) is 5.91 Å². The summed E-state index contributed by atoms with van der Waals surface area (Å²) < 4.78 is 17.1. The van der Waals surface area contributed by atoms with Gasteiger partial charge in [-0.1, -0.05) is 18.2 Å². The fourth-order valence-corrected chi connectivity index (χ4v) is 5.48. The van der Waals surface area contributed by atoms with E-state index in [1.165, 1.54) is 7.11 Å². The number of rotatable bonds is 5. The van der Waals surface area contributed by atoms with Crippen LogP contribution in [0.25, 0.3) is 0 Å². The van der Waals surface area contributed by atoms with E-state index in [0.29, 0.717) is 68.9 Å². The summed E-state index contributed by atoms with van der Waals surface area (Å²) >= 11 is 0. The lowest BCUT2D eigenvalue weighted by molar-refractivity contribution is 0.0705. The zero-order chi connectivity index (χ0) is 28.2. The van der Waals surface area contributed by atoms with E-state index in [1.54, 1.807) is 32.9 Å². The Labute approximate surface area is 232 Å². The number of hydrogen-bond donors (Lipinski definition) is 2. The third kappa shape index (κ3) is 5.75. The van der Waals surface area contributed by atoms with Crippen molar-refractivity contribution in [3.05, 3.63) is 53.6 Å². The van der Waals surface area contributed by atoms with Crippen molar-refractivity contribution in [2.24, 2.45) is 16.5 Å². The van der Waals surface area contributed by atoms with E-state index in [0.717, 1.165) is 11.3 Å². The highest BCUT2D eigenvalue weighted by Gasteiger charge is 2.35. The molecule has 0 atom stereocenters. The number of methoxy groups -OCH3 is 1. The van der Waals surface area contributed by atoms with Gasteiger partial charge in [-0.15, -0.1) is 0 Å². The number of guanidine groups is 1. The van der Waals surface area contributed by atoms with Gasteiger partial charge >= 0.3 is 12.1 Å². The molecule has 0 radical (unpaired) electrons. The minimum atomic E-state index is -0.451. The molecule has 0 aromatic heterocycles. The number of ether oxygens (including phenoxy) is 3. The van der Waals surface area contributed by atoms with Gasteiger partial charge in [0, 0.05) is 56.7 Å². The number of carbonyl (C=O) groups excluding carboxylic acids is 3. The molecular weight excluding hydrogens is 516 g/mol. The fourth-order valence-electron chi connectivity index (χ4n) is 5.48. The van der Waals surface area contributed by atoms with Crippen LogP contribution in [0.4, 0.5) is 15.3 Å². The second-order valence-corrected chi connectivity index (χ2v) is 10.1. The second-order valence-electron chi connectivity index (χ2n) is 10.1. The van der Waals surface area contributed by atoms with Crippen LogP contribution in [0.3, 0.4) is 0 Å². The average molecular weight is 551 g/mol. The van der Waals surface area contributed by atoms with Crippen LogP contribution in [-0.4, -0.2) is 79.2 Å². The van der Waals surface area contributed by atoms with Crippen LogP contribution in [0.2, 0.25) is 0 Å². The smallest absolute Gasteiger partial charge is 0.414 e. The minimum absolute atomic E-state index is 0.0446. The Morgan fingerprint density at radius 1 is 0.975 bits per heavy atom. The molecule has 12 heteroatoms. The van der Waals surface area contributed by atoms with E-state index >= 15 is 0 Å². The van der Waals surface area contributed by atoms with Crippen molar-refractivity contribution in [1.82, 2.24) is 9.80 Å². The number of hydrogen-bond acceptors (Lipinski definition) is 6. The van der Waals surface area contributed by atoms with Crippen molar-refractivity contribution in [2.75, 3.05) is 38.2 Å². The summed E-state index contributed by atoms with van der Waals surface area (Å²) in [6, 6.07) is 12.5. The molecule has 5 rings (SSSR count). The van der Waals surface area contributed by atoms with Crippen LogP contribution in [-0.2, 0) is 11.3 Å². The molecular formula is C28H34N6O6. The zero-order valence-corrected chi connectivity index (χ0v) is 22.5. The molecule has 0 spiro atoms. The molecule has 0 unspecified atom stereocenters. The summed E-state index contributed by atoms with van der Waals surface area (Å²) in [7, 11) is 1.52. The van der Waals surface area contributed by atoms with Gasteiger partial charge in [-0.2, -0.15) is 4.99 Å². The van der Waals surface area contributed by atoms with Crippen molar-refractivity contribution in [1.29, 1.82) is 0 Å². The Kier molecular flexibility index (Phi) is 7.94. The number of nitrogens with two attached hydrogens (primary N) is 2. The Morgan fingerprint density at radius 3 is 2.38 bits per heavy atom. The van der Waals surface area contributed by atoms with Gasteiger partial charge in [0.2, 0.25) is 0 Å². The lowest BCUT2D eigenvalue weighted by Gasteiger charge is -2.40. The molecule has 0 aliphatic carbocycles. The summed E-state index contributed by atoms with van der Waals surface area (Å²) in [6.45, 7) is 2.25. The molecule has 212 valence electrons. The molecule has 3 aliphatic rings. The predicted octanol–water partition coefficient (Wildman–Crippen LogP) is 2.69. The highest BCUT2D eigenvalue weighted by Crippen LogP contribution is 2.33. The fraction of sp³-hybridized carbons (Fsp3) is 0.429. The number of amides is 4. The lowest BCUT2D eigenvalue weighted by atomic mass is 10.00. The van der Waals surface area contributed by atoms with Gasteiger partial charge in [0.15, 0.2) is 5.96 Å². The molecule has 12 nitrogen and oxygen atoms in total. The van der Waals surface area contributed by atoms with Crippen molar-refractivity contribution >= 4 is 29.7 Å². The van der Waals surface area contributed by atoms with Gasteiger partial charge in [0.1, 0.15) is 24.2 Å². The molecule has 4 N–H and O–H groups in total. The summed E-state index contributed by atoms with van der Waals surface area (Å²) in [5.74, 6) is 0.629. The predicted molar refractivity (Wildman–Crippen MR) is 147 cm³/mol. The largest absolute Gasteiger partial charge is 0.496 e.